The number of nitrogens with zero attached hydrogens (tertiary/aromatic N) is 1. The second-order valence-corrected chi connectivity index (χ2v) is 8.47. The number of nitrogens with one attached hydrogen (secondary N) is 1. The monoisotopic (exact) mass is 390 g/mol. The van der Waals surface area contributed by atoms with Crippen molar-refractivity contribution in [3.63, 3.8) is 0 Å². The number of rotatable bonds is 5. The molecule has 1 fully saturated rings. The SMILES string of the molecule is Cc1cc(Oc2ccc(NS(=O)(=O)C3CC3)c(F)c2)c2cc(F)ccc2n1. The number of aryl methyl sites for hydroxylation is 1. The quantitative estimate of drug-likeness (QED) is 0.696. The molecule has 1 saturated carbocycles. The van der Waals surface area contributed by atoms with E-state index >= 15 is 0 Å². The first-order chi connectivity index (χ1) is 12.8. The smallest absolute Gasteiger partial charge is 0.235 e. The summed E-state index contributed by atoms with van der Waals surface area (Å²) in [6.45, 7) is 1.77. The van der Waals surface area contributed by atoms with E-state index in [0.29, 0.717) is 35.2 Å². The Kier molecular flexibility index (Phi) is 4.22. The van der Waals surface area contributed by atoms with Crippen molar-refractivity contribution in [3.8, 4) is 11.5 Å². The molecule has 1 aromatic heterocycles. The zero-order valence-corrected chi connectivity index (χ0v) is 15.2. The van der Waals surface area contributed by atoms with E-state index in [0.717, 1.165) is 6.07 Å². The molecule has 3 aromatic rings. The third-order valence-corrected chi connectivity index (χ3v) is 6.10. The summed E-state index contributed by atoms with van der Waals surface area (Å²) in [5.74, 6) is -0.687. The predicted octanol–water partition coefficient (Wildman–Crippen LogP) is 4.52. The van der Waals surface area contributed by atoms with Crippen LogP contribution in [0.2, 0.25) is 0 Å². The number of aromatic nitrogens is 1. The van der Waals surface area contributed by atoms with Crippen LogP contribution in [-0.4, -0.2) is 18.7 Å². The first-order valence-corrected chi connectivity index (χ1v) is 9.92. The summed E-state index contributed by atoms with van der Waals surface area (Å²) in [5, 5.41) is 0.00778. The summed E-state index contributed by atoms with van der Waals surface area (Å²) < 4.78 is 59.8. The van der Waals surface area contributed by atoms with E-state index in [4.69, 9.17) is 4.74 Å². The molecular formula is C19H16F2N2O3S. The Labute approximate surface area is 155 Å². The lowest BCUT2D eigenvalue weighted by Gasteiger charge is -2.12. The fourth-order valence-corrected chi connectivity index (χ4v) is 4.16. The second-order valence-electron chi connectivity index (χ2n) is 6.51. The average Bonchev–Trinajstić information content (AvgIpc) is 3.43. The number of hydrogen-bond acceptors (Lipinski definition) is 4. The number of sulfonamides is 1. The molecule has 0 amide bonds. The molecule has 0 spiro atoms. The van der Waals surface area contributed by atoms with Crippen LogP contribution in [0.1, 0.15) is 18.5 Å². The Balaban J connectivity index is 1.64. The van der Waals surface area contributed by atoms with Crippen LogP contribution in [0.25, 0.3) is 10.9 Å². The molecule has 4 rings (SSSR count). The highest BCUT2D eigenvalue weighted by Crippen LogP contribution is 2.34. The van der Waals surface area contributed by atoms with Gasteiger partial charge in [0, 0.05) is 23.2 Å². The Bertz CT molecular complexity index is 1150. The van der Waals surface area contributed by atoms with E-state index in [2.05, 4.69) is 9.71 Å². The Morgan fingerprint density at radius 2 is 1.89 bits per heavy atom. The highest BCUT2D eigenvalue weighted by atomic mass is 32.2. The zero-order chi connectivity index (χ0) is 19.2. The molecule has 5 nitrogen and oxygen atoms in total. The molecule has 1 heterocycles. The molecular weight excluding hydrogens is 374 g/mol. The molecule has 1 N–H and O–H groups in total. The van der Waals surface area contributed by atoms with Gasteiger partial charge in [0.05, 0.1) is 16.5 Å². The fourth-order valence-electron chi connectivity index (χ4n) is 2.76. The number of benzene rings is 2. The normalized spacial score (nSPS) is 14.3. The third kappa shape index (κ3) is 3.71. The average molecular weight is 390 g/mol. The van der Waals surface area contributed by atoms with Crippen molar-refractivity contribution in [1.82, 2.24) is 4.98 Å². The van der Waals surface area contributed by atoms with Crippen molar-refractivity contribution in [2.75, 3.05) is 4.72 Å². The lowest BCUT2D eigenvalue weighted by Crippen LogP contribution is -2.18. The number of ether oxygens (including phenoxy) is 1. The fraction of sp³-hybridized carbons (Fsp3) is 0.211. The van der Waals surface area contributed by atoms with E-state index in [9.17, 15) is 17.2 Å². The van der Waals surface area contributed by atoms with Crippen molar-refractivity contribution >= 4 is 26.6 Å². The van der Waals surface area contributed by atoms with Gasteiger partial charge in [-0.3, -0.25) is 9.71 Å². The Morgan fingerprint density at radius 3 is 2.59 bits per heavy atom. The molecule has 0 atom stereocenters. The molecule has 0 aliphatic heterocycles. The van der Waals surface area contributed by atoms with Crippen LogP contribution >= 0.6 is 0 Å². The van der Waals surface area contributed by atoms with Gasteiger partial charge in [0.15, 0.2) is 5.82 Å². The van der Waals surface area contributed by atoms with Gasteiger partial charge in [-0.25, -0.2) is 17.2 Å². The minimum absolute atomic E-state index is 0.129. The van der Waals surface area contributed by atoms with Gasteiger partial charge in [0.25, 0.3) is 0 Å². The van der Waals surface area contributed by atoms with E-state index in [1.165, 1.54) is 24.3 Å². The number of fused-ring (bicyclic) bond motifs is 1. The van der Waals surface area contributed by atoms with Crippen molar-refractivity contribution in [2.45, 2.75) is 25.0 Å². The zero-order valence-electron chi connectivity index (χ0n) is 14.4. The van der Waals surface area contributed by atoms with Crippen LogP contribution in [0, 0.1) is 18.6 Å². The highest BCUT2D eigenvalue weighted by Gasteiger charge is 2.36. The minimum Gasteiger partial charge on any atom is -0.456 e. The summed E-state index contributed by atoms with van der Waals surface area (Å²) in [6.07, 6.45) is 1.17. The molecule has 1 aliphatic rings. The van der Waals surface area contributed by atoms with Gasteiger partial charge in [0.2, 0.25) is 10.0 Å². The molecule has 0 saturated heterocycles. The second kappa shape index (κ2) is 6.45. The lowest BCUT2D eigenvalue weighted by atomic mass is 10.2. The Hall–Kier alpha value is -2.74. The van der Waals surface area contributed by atoms with Crippen LogP contribution in [-0.2, 0) is 10.0 Å². The van der Waals surface area contributed by atoms with Crippen molar-refractivity contribution in [1.29, 1.82) is 0 Å². The number of pyridine rings is 1. The summed E-state index contributed by atoms with van der Waals surface area (Å²) in [4.78, 5) is 4.32. The standard InChI is InChI=1S/C19H16F2N2O3S/c1-11-8-19(15-9-12(20)2-6-17(15)22-11)26-13-3-7-18(16(21)10-13)23-27(24,25)14-4-5-14/h2-3,6-10,14,23H,4-5H2,1H3. The number of halogens is 2. The highest BCUT2D eigenvalue weighted by molar-refractivity contribution is 7.93. The summed E-state index contributed by atoms with van der Waals surface area (Å²) in [5.41, 5.74) is 1.09. The minimum atomic E-state index is -3.55. The molecule has 0 bridgehead atoms. The first-order valence-electron chi connectivity index (χ1n) is 8.38. The summed E-state index contributed by atoms with van der Waals surface area (Å²) >= 11 is 0. The number of anilines is 1. The predicted molar refractivity (Wildman–Crippen MR) is 98.5 cm³/mol. The molecule has 0 unspecified atom stereocenters. The van der Waals surface area contributed by atoms with E-state index in [1.54, 1.807) is 19.1 Å². The lowest BCUT2D eigenvalue weighted by molar-refractivity contribution is 0.481. The van der Waals surface area contributed by atoms with Crippen LogP contribution in [0.5, 0.6) is 11.5 Å². The van der Waals surface area contributed by atoms with Gasteiger partial charge in [-0.2, -0.15) is 0 Å². The Morgan fingerprint density at radius 1 is 1.11 bits per heavy atom. The van der Waals surface area contributed by atoms with Gasteiger partial charge < -0.3 is 4.74 Å². The van der Waals surface area contributed by atoms with Gasteiger partial charge in [-0.05, 0) is 50.1 Å². The van der Waals surface area contributed by atoms with Gasteiger partial charge in [0.1, 0.15) is 17.3 Å². The number of hydrogen-bond donors (Lipinski definition) is 1. The summed E-state index contributed by atoms with van der Waals surface area (Å²) in [7, 11) is -3.55. The van der Waals surface area contributed by atoms with E-state index in [-0.39, 0.29) is 11.4 Å². The molecule has 2 aromatic carbocycles. The maximum atomic E-state index is 14.3. The third-order valence-electron chi connectivity index (χ3n) is 4.24. The maximum Gasteiger partial charge on any atom is 0.235 e. The van der Waals surface area contributed by atoms with Crippen LogP contribution < -0.4 is 9.46 Å². The molecule has 0 radical (unpaired) electrons. The molecule has 27 heavy (non-hydrogen) atoms. The van der Waals surface area contributed by atoms with Gasteiger partial charge >= 0.3 is 0 Å². The topological polar surface area (TPSA) is 68.3 Å². The van der Waals surface area contributed by atoms with Gasteiger partial charge in [-0.1, -0.05) is 0 Å². The van der Waals surface area contributed by atoms with Gasteiger partial charge in [-0.15, -0.1) is 0 Å². The molecule has 1 aliphatic carbocycles. The van der Waals surface area contributed by atoms with Crippen LogP contribution in [0.4, 0.5) is 14.5 Å². The van der Waals surface area contributed by atoms with E-state index < -0.39 is 26.9 Å². The van der Waals surface area contributed by atoms with Crippen molar-refractivity contribution < 1.29 is 21.9 Å². The van der Waals surface area contributed by atoms with E-state index in [1.807, 2.05) is 0 Å². The van der Waals surface area contributed by atoms with Crippen molar-refractivity contribution in [3.05, 3.63) is 59.8 Å². The molecule has 8 heteroatoms. The first kappa shape index (κ1) is 17.7. The molecule has 140 valence electrons. The maximum absolute atomic E-state index is 14.3. The van der Waals surface area contributed by atoms with Crippen LogP contribution in [0.3, 0.4) is 0 Å². The summed E-state index contributed by atoms with van der Waals surface area (Å²) in [6, 6.07) is 9.62. The van der Waals surface area contributed by atoms with Crippen molar-refractivity contribution in [2.24, 2.45) is 0 Å². The van der Waals surface area contributed by atoms with Crippen LogP contribution in [0.15, 0.2) is 42.5 Å². The largest absolute Gasteiger partial charge is 0.456 e.